The van der Waals surface area contributed by atoms with Gasteiger partial charge in [0.1, 0.15) is 10.9 Å². The first-order chi connectivity index (χ1) is 11.7. The Hall–Kier alpha value is -2.06. The summed E-state index contributed by atoms with van der Waals surface area (Å²) >= 11 is 13.6. The first kappa shape index (κ1) is 16.8. The van der Waals surface area contributed by atoms with Crippen LogP contribution in [0.1, 0.15) is 17.2 Å². The fourth-order valence-corrected chi connectivity index (χ4v) is 3.45. The van der Waals surface area contributed by atoms with Crippen molar-refractivity contribution in [3.05, 3.63) is 82.0 Å². The number of hydrogen-bond donors (Lipinski definition) is 0. The van der Waals surface area contributed by atoms with Crippen molar-refractivity contribution in [1.82, 2.24) is 10.2 Å². The predicted octanol–water partition coefficient (Wildman–Crippen LogP) is 5.59. The van der Waals surface area contributed by atoms with E-state index in [1.54, 1.807) is 24.3 Å². The standard InChI is InChI=1S/C18H11Cl2N3S/c19-12-6-7-14(16(20)10-12)15(11-21)17-8-9-18(23-22-17)24-13-4-2-1-3-5-13/h1-10,15H/t15-/m0/s1. The molecule has 3 nitrogen and oxygen atoms in total. The molecule has 0 amide bonds. The fraction of sp³-hybridized carbons (Fsp3) is 0.0556. The second kappa shape index (κ2) is 7.67. The number of nitriles is 1. The van der Waals surface area contributed by atoms with Gasteiger partial charge in [0.15, 0.2) is 0 Å². The summed E-state index contributed by atoms with van der Waals surface area (Å²) in [5.41, 5.74) is 1.22. The molecule has 24 heavy (non-hydrogen) atoms. The number of rotatable bonds is 4. The zero-order valence-electron chi connectivity index (χ0n) is 12.4. The second-order valence-corrected chi connectivity index (χ2v) is 6.88. The normalized spacial score (nSPS) is 11.7. The van der Waals surface area contributed by atoms with Gasteiger partial charge < -0.3 is 0 Å². The van der Waals surface area contributed by atoms with Gasteiger partial charge in [-0.3, -0.25) is 0 Å². The van der Waals surface area contributed by atoms with Crippen LogP contribution in [0.2, 0.25) is 10.0 Å². The molecule has 0 spiro atoms. The Bertz CT molecular complexity index is 877. The van der Waals surface area contributed by atoms with Crippen molar-refractivity contribution in [3.8, 4) is 6.07 Å². The summed E-state index contributed by atoms with van der Waals surface area (Å²) in [7, 11) is 0. The lowest BCUT2D eigenvalue weighted by molar-refractivity contribution is 0.837. The molecule has 1 heterocycles. The van der Waals surface area contributed by atoms with Crippen LogP contribution < -0.4 is 0 Å². The van der Waals surface area contributed by atoms with E-state index in [2.05, 4.69) is 16.3 Å². The van der Waals surface area contributed by atoms with Crippen LogP contribution in [0.5, 0.6) is 0 Å². The highest BCUT2D eigenvalue weighted by molar-refractivity contribution is 7.99. The van der Waals surface area contributed by atoms with Gasteiger partial charge >= 0.3 is 0 Å². The Labute approximate surface area is 154 Å². The Morgan fingerprint density at radius 2 is 1.75 bits per heavy atom. The molecule has 0 radical (unpaired) electrons. The van der Waals surface area contributed by atoms with E-state index in [1.807, 2.05) is 36.4 Å². The molecule has 0 aliphatic heterocycles. The van der Waals surface area contributed by atoms with Gasteiger partial charge in [-0.05, 0) is 42.0 Å². The Morgan fingerprint density at radius 3 is 2.38 bits per heavy atom. The molecule has 0 fully saturated rings. The summed E-state index contributed by atoms with van der Waals surface area (Å²) < 4.78 is 0. The van der Waals surface area contributed by atoms with Crippen molar-refractivity contribution in [2.75, 3.05) is 0 Å². The van der Waals surface area contributed by atoms with E-state index in [4.69, 9.17) is 23.2 Å². The molecule has 0 unspecified atom stereocenters. The summed E-state index contributed by atoms with van der Waals surface area (Å²) in [5, 5.41) is 19.7. The lowest BCUT2D eigenvalue weighted by atomic mass is 9.97. The SMILES string of the molecule is N#C[C@H](c1ccc(Sc2ccccc2)nn1)c1ccc(Cl)cc1Cl. The number of nitrogens with zero attached hydrogens (tertiary/aromatic N) is 3. The smallest absolute Gasteiger partial charge is 0.124 e. The van der Waals surface area contributed by atoms with Gasteiger partial charge in [0.2, 0.25) is 0 Å². The molecule has 6 heteroatoms. The van der Waals surface area contributed by atoms with Gasteiger partial charge in [-0.1, -0.05) is 59.2 Å². The van der Waals surface area contributed by atoms with Crippen LogP contribution in [-0.2, 0) is 0 Å². The van der Waals surface area contributed by atoms with Crippen LogP contribution in [0, 0.1) is 11.3 Å². The van der Waals surface area contributed by atoms with Crippen LogP contribution in [0.15, 0.2) is 70.6 Å². The van der Waals surface area contributed by atoms with Crippen LogP contribution in [-0.4, -0.2) is 10.2 Å². The summed E-state index contributed by atoms with van der Waals surface area (Å²) in [6.07, 6.45) is 0. The van der Waals surface area contributed by atoms with Gasteiger partial charge in [-0.25, -0.2) is 0 Å². The highest BCUT2D eigenvalue weighted by Crippen LogP contribution is 2.32. The quantitative estimate of drug-likeness (QED) is 0.599. The van der Waals surface area contributed by atoms with Crippen LogP contribution in [0.25, 0.3) is 0 Å². The summed E-state index contributed by atoms with van der Waals surface area (Å²) in [5.74, 6) is -0.585. The molecule has 0 bridgehead atoms. The first-order valence-electron chi connectivity index (χ1n) is 7.08. The predicted molar refractivity (Wildman–Crippen MR) is 96.5 cm³/mol. The molecule has 3 aromatic rings. The molecule has 0 aliphatic carbocycles. The minimum absolute atomic E-state index is 0.443. The van der Waals surface area contributed by atoms with E-state index in [1.165, 1.54) is 11.8 Å². The van der Waals surface area contributed by atoms with Crippen LogP contribution in [0.3, 0.4) is 0 Å². The maximum absolute atomic E-state index is 9.52. The molecule has 1 atom stereocenters. The largest absolute Gasteiger partial charge is 0.197 e. The molecule has 118 valence electrons. The van der Waals surface area contributed by atoms with E-state index < -0.39 is 5.92 Å². The highest BCUT2D eigenvalue weighted by atomic mass is 35.5. The number of aromatic nitrogens is 2. The molecule has 0 saturated carbocycles. The third-order valence-electron chi connectivity index (χ3n) is 3.32. The molecule has 0 N–H and O–H groups in total. The Balaban J connectivity index is 1.84. The van der Waals surface area contributed by atoms with Gasteiger partial charge in [-0.2, -0.15) is 10.4 Å². The van der Waals surface area contributed by atoms with Crippen molar-refractivity contribution >= 4 is 35.0 Å². The summed E-state index contributed by atoms with van der Waals surface area (Å²) in [4.78, 5) is 1.08. The monoisotopic (exact) mass is 371 g/mol. The van der Waals surface area contributed by atoms with Crippen molar-refractivity contribution in [3.63, 3.8) is 0 Å². The molecule has 3 rings (SSSR count). The molecule has 0 aliphatic rings. The zero-order chi connectivity index (χ0) is 16.9. The molecule has 2 aromatic carbocycles. The van der Waals surface area contributed by atoms with E-state index in [0.717, 1.165) is 9.92 Å². The maximum atomic E-state index is 9.52. The lowest BCUT2D eigenvalue weighted by Crippen LogP contribution is -2.03. The van der Waals surface area contributed by atoms with E-state index >= 15 is 0 Å². The zero-order valence-corrected chi connectivity index (χ0v) is 14.7. The third kappa shape index (κ3) is 3.88. The average molecular weight is 372 g/mol. The molecular weight excluding hydrogens is 361 g/mol. The third-order valence-corrected chi connectivity index (χ3v) is 4.82. The van der Waals surface area contributed by atoms with Crippen molar-refractivity contribution < 1.29 is 0 Å². The van der Waals surface area contributed by atoms with Gasteiger partial charge in [0.25, 0.3) is 0 Å². The van der Waals surface area contributed by atoms with E-state index in [-0.39, 0.29) is 0 Å². The highest BCUT2D eigenvalue weighted by Gasteiger charge is 2.19. The van der Waals surface area contributed by atoms with Crippen LogP contribution >= 0.6 is 35.0 Å². The Morgan fingerprint density at radius 1 is 0.958 bits per heavy atom. The number of halogens is 2. The van der Waals surface area contributed by atoms with Gasteiger partial charge in [0.05, 0.1) is 11.8 Å². The van der Waals surface area contributed by atoms with Crippen molar-refractivity contribution in [1.29, 1.82) is 5.26 Å². The summed E-state index contributed by atoms with van der Waals surface area (Å²) in [6.45, 7) is 0. The van der Waals surface area contributed by atoms with E-state index in [0.29, 0.717) is 21.3 Å². The topological polar surface area (TPSA) is 49.6 Å². The van der Waals surface area contributed by atoms with Crippen LogP contribution in [0.4, 0.5) is 0 Å². The van der Waals surface area contributed by atoms with Gasteiger partial charge in [0, 0.05) is 14.9 Å². The number of benzene rings is 2. The maximum Gasteiger partial charge on any atom is 0.124 e. The van der Waals surface area contributed by atoms with Crippen molar-refractivity contribution in [2.45, 2.75) is 15.8 Å². The first-order valence-corrected chi connectivity index (χ1v) is 8.65. The van der Waals surface area contributed by atoms with Crippen molar-refractivity contribution in [2.24, 2.45) is 0 Å². The lowest BCUT2D eigenvalue weighted by Gasteiger charge is -2.11. The molecule has 1 aromatic heterocycles. The van der Waals surface area contributed by atoms with Gasteiger partial charge in [-0.15, -0.1) is 5.10 Å². The molecule has 0 saturated heterocycles. The fourth-order valence-electron chi connectivity index (χ4n) is 2.18. The number of hydrogen-bond acceptors (Lipinski definition) is 4. The Kier molecular flexibility index (Phi) is 5.37. The molecular formula is C18H11Cl2N3S. The average Bonchev–Trinajstić information content (AvgIpc) is 2.60. The minimum atomic E-state index is -0.585. The second-order valence-electron chi connectivity index (χ2n) is 4.94. The summed E-state index contributed by atoms with van der Waals surface area (Å²) in [6, 6.07) is 20.9. The van der Waals surface area contributed by atoms with E-state index in [9.17, 15) is 5.26 Å². The minimum Gasteiger partial charge on any atom is -0.197 e.